The van der Waals surface area contributed by atoms with E-state index in [0.29, 0.717) is 23.6 Å². The summed E-state index contributed by atoms with van der Waals surface area (Å²) in [7, 11) is 0. The van der Waals surface area contributed by atoms with E-state index in [0.717, 1.165) is 0 Å². The lowest BCUT2D eigenvalue weighted by Gasteiger charge is -2.09. The summed E-state index contributed by atoms with van der Waals surface area (Å²) >= 11 is 0. The number of hydrogen-bond acceptors (Lipinski definition) is 3. The van der Waals surface area contributed by atoms with Crippen molar-refractivity contribution in [3.05, 3.63) is 35.6 Å². The summed E-state index contributed by atoms with van der Waals surface area (Å²) in [5.74, 6) is -0.771. The first-order valence-electron chi connectivity index (χ1n) is 6.44. The van der Waals surface area contributed by atoms with Crippen LogP contribution in [0.15, 0.2) is 24.3 Å². The molecule has 0 unspecified atom stereocenters. The average molecular weight is 306 g/mol. The van der Waals surface area contributed by atoms with Crippen LogP contribution in [0.25, 0.3) is 11.3 Å². The number of anilines is 1. The molecule has 6 N–H and O–H groups in total. The van der Waals surface area contributed by atoms with E-state index in [1.807, 2.05) is 0 Å². The normalized spacial score (nSPS) is 10.3. The molecule has 116 valence electrons. The zero-order valence-corrected chi connectivity index (χ0v) is 11.8. The Bertz CT molecular complexity index is 727. The second-order valence-electron chi connectivity index (χ2n) is 4.40. The van der Waals surface area contributed by atoms with Crippen LogP contribution in [0, 0.1) is 5.82 Å². The third kappa shape index (κ3) is 3.17. The summed E-state index contributed by atoms with van der Waals surface area (Å²) in [6.07, 6.45) is 0. The molecule has 0 bridgehead atoms. The molecule has 3 amide bonds. The third-order valence-electron chi connectivity index (χ3n) is 2.86. The van der Waals surface area contributed by atoms with Crippen molar-refractivity contribution in [2.24, 2.45) is 11.5 Å². The Hall–Kier alpha value is -3.03. The molecule has 0 aliphatic heterocycles. The number of nitrogens with one attached hydrogen (secondary N) is 2. The van der Waals surface area contributed by atoms with Gasteiger partial charge in [-0.1, -0.05) is 0 Å². The van der Waals surface area contributed by atoms with Crippen molar-refractivity contribution in [1.29, 1.82) is 0 Å². The molecule has 0 saturated carbocycles. The van der Waals surface area contributed by atoms with Gasteiger partial charge in [-0.3, -0.25) is 10.1 Å². The van der Waals surface area contributed by atoms with Gasteiger partial charge in [0.2, 0.25) is 0 Å². The van der Waals surface area contributed by atoms with E-state index in [4.69, 9.17) is 16.2 Å². The minimum atomic E-state index is -0.861. The maximum absolute atomic E-state index is 13.5. The van der Waals surface area contributed by atoms with Gasteiger partial charge < -0.3 is 21.2 Å². The fourth-order valence-corrected chi connectivity index (χ4v) is 2.01. The van der Waals surface area contributed by atoms with Gasteiger partial charge in [0.15, 0.2) is 0 Å². The first-order valence-corrected chi connectivity index (χ1v) is 6.44. The highest BCUT2D eigenvalue weighted by molar-refractivity contribution is 6.03. The van der Waals surface area contributed by atoms with Crippen LogP contribution in [0.3, 0.4) is 0 Å². The van der Waals surface area contributed by atoms with Gasteiger partial charge in [-0.25, -0.2) is 9.18 Å². The summed E-state index contributed by atoms with van der Waals surface area (Å²) in [6, 6.07) is 4.51. The molecule has 1 aromatic carbocycles. The second kappa shape index (κ2) is 6.17. The monoisotopic (exact) mass is 306 g/mol. The van der Waals surface area contributed by atoms with Crippen molar-refractivity contribution >= 4 is 17.8 Å². The molecule has 0 aliphatic carbocycles. The Kier molecular flexibility index (Phi) is 4.31. The van der Waals surface area contributed by atoms with Crippen LogP contribution in [-0.4, -0.2) is 23.5 Å². The predicted molar refractivity (Wildman–Crippen MR) is 79.1 cm³/mol. The smallest absolute Gasteiger partial charge is 0.317 e. The number of primary amides is 2. The molecule has 22 heavy (non-hydrogen) atoms. The fraction of sp³-hybridized carbons (Fsp3) is 0.143. The van der Waals surface area contributed by atoms with E-state index >= 15 is 0 Å². The van der Waals surface area contributed by atoms with Crippen molar-refractivity contribution < 1.29 is 18.7 Å². The van der Waals surface area contributed by atoms with E-state index in [1.165, 1.54) is 24.3 Å². The molecule has 0 radical (unpaired) electrons. The fourth-order valence-electron chi connectivity index (χ4n) is 2.01. The van der Waals surface area contributed by atoms with Crippen molar-refractivity contribution in [2.75, 3.05) is 11.9 Å². The molecule has 0 aliphatic rings. The number of carbonyl (C=O) groups is 2. The lowest BCUT2D eigenvalue weighted by molar-refractivity contribution is 0.100. The Balaban J connectivity index is 2.55. The van der Waals surface area contributed by atoms with Gasteiger partial charge >= 0.3 is 6.03 Å². The number of hydrogen-bond donors (Lipinski definition) is 4. The number of carbonyl (C=O) groups excluding carboxylic acids is 2. The highest BCUT2D eigenvalue weighted by Gasteiger charge is 2.17. The SMILES string of the molecule is CCOc1ccc(F)cc1-c1cc(C(N)=O)c(NC(N)=O)[nH]1. The Morgan fingerprint density at radius 3 is 2.64 bits per heavy atom. The van der Waals surface area contributed by atoms with Crippen LogP contribution in [0.1, 0.15) is 17.3 Å². The van der Waals surface area contributed by atoms with Gasteiger partial charge in [0, 0.05) is 5.56 Å². The first kappa shape index (κ1) is 15.4. The van der Waals surface area contributed by atoms with Crippen molar-refractivity contribution in [1.82, 2.24) is 4.98 Å². The quantitative estimate of drug-likeness (QED) is 0.673. The Morgan fingerprint density at radius 2 is 2.05 bits per heavy atom. The van der Waals surface area contributed by atoms with Gasteiger partial charge in [0.25, 0.3) is 5.91 Å². The molecule has 0 spiro atoms. The van der Waals surface area contributed by atoms with E-state index in [1.54, 1.807) is 6.92 Å². The van der Waals surface area contributed by atoms with Crippen LogP contribution in [0.5, 0.6) is 5.75 Å². The van der Waals surface area contributed by atoms with Gasteiger partial charge in [-0.2, -0.15) is 0 Å². The second-order valence-corrected chi connectivity index (χ2v) is 4.40. The Labute approximate surface area is 125 Å². The van der Waals surface area contributed by atoms with E-state index in [2.05, 4.69) is 10.3 Å². The van der Waals surface area contributed by atoms with Crippen LogP contribution >= 0.6 is 0 Å². The van der Waals surface area contributed by atoms with Gasteiger partial charge in [0.1, 0.15) is 17.4 Å². The summed E-state index contributed by atoms with van der Waals surface area (Å²) in [5.41, 5.74) is 11.1. The minimum Gasteiger partial charge on any atom is -0.493 e. The molecule has 0 atom stereocenters. The average Bonchev–Trinajstić information content (AvgIpc) is 2.84. The summed E-state index contributed by atoms with van der Waals surface area (Å²) in [6.45, 7) is 2.17. The zero-order valence-electron chi connectivity index (χ0n) is 11.8. The predicted octanol–water partition coefficient (Wildman–Crippen LogP) is 1.81. The van der Waals surface area contributed by atoms with E-state index < -0.39 is 17.8 Å². The largest absolute Gasteiger partial charge is 0.493 e. The van der Waals surface area contributed by atoms with Crippen LogP contribution in [-0.2, 0) is 0 Å². The molecule has 0 fully saturated rings. The lowest BCUT2D eigenvalue weighted by Crippen LogP contribution is -2.22. The van der Waals surface area contributed by atoms with Gasteiger partial charge in [-0.05, 0) is 31.2 Å². The lowest BCUT2D eigenvalue weighted by atomic mass is 10.1. The summed E-state index contributed by atoms with van der Waals surface area (Å²) in [4.78, 5) is 25.2. The highest BCUT2D eigenvalue weighted by atomic mass is 19.1. The topological polar surface area (TPSA) is 123 Å². The number of H-pyrrole nitrogens is 1. The number of benzene rings is 1. The standard InChI is InChI=1S/C14H15FN4O3/c1-2-22-11-4-3-7(15)5-8(11)10-6-9(12(16)20)13(18-10)19-14(17)21/h3-6,18H,2H2,1H3,(H2,16,20)(H3,17,19,21). The number of ether oxygens (including phenoxy) is 1. The molecule has 1 aromatic heterocycles. The molecule has 2 aromatic rings. The summed E-state index contributed by atoms with van der Waals surface area (Å²) in [5, 5.41) is 2.26. The molecule has 2 rings (SSSR count). The van der Waals surface area contributed by atoms with Crippen LogP contribution < -0.4 is 21.5 Å². The molecule has 8 heteroatoms. The number of amides is 3. The Morgan fingerprint density at radius 1 is 1.32 bits per heavy atom. The molecule has 0 saturated heterocycles. The third-order valence-corrected chi connectivity index (χ3v) is 2.86. The number of urea groups is 1. The molecule has 1 heterocycles. The highest BCUT2D eigenvalue weighted by Crippen LogP contribution is 2.33. The van der Waals surface area contributed by atoms with Gasteiger partial charge in [0.05, 0.1) is 17.9 Å². The molecular weight excluding hydrogens is 291 g/mol. The summed E-state index contributed by atoms with van der Waals surface area (Å²) < 4.78 is 18.9. The van der Waals surface area contributed by atoms with Crippen molar-refractivity contribution in [3.8, 4) is 17.0 Å². The van der Waals surface area contributed by atoms with Crippen LogP contribution in [0.2, 0.25) is 0 Å². The maximum atomic E-state index is 13.5. The van der Waals surface area contributed by atoms with E-state index in [-0.39, 0.29) is 11.4 Å². The molecule has 7 nitrogen and oxygen atoms in total. The maximum Gasteiger partial charge on any atom is 0.317 e. The molecular formula is C14H15FN4O3. The van der Waals surface area contributed by atoms with Crippen molar-refractivity contribution in [2.45, 2.75) is 6.92 Å². The van der Waals surface area contributed by atoms with Crippen LogP contribution in [0.4, 0.5) is 15.0 Å². The number of nitrogens with two attached hydrogens (primary N) is 2. The minimum absolute atomic E-state index is 0.0282. The number of halogens is 1. The number of rotatable bonds is 5. The van der Waals surface area contributed by atoms with E-state index in [9.17, 15) is 14.0 Å². The van der Waals surface area contributed by atoms with Crippen molar-refractivity contribution in [3.63, 3.8) is 0 Å². The number of aromatic amines is 1. The zero-order chi connectivity index (χ0) is 16.3. The van der Waals surface area contributed by atoms with Gasteiger partial charge in [-0.15, -0.1) is 0 Å². The number of aromatic nitrogens is 1. The first-order chi connectivity index (χ1) is 10.4.